The first kappa shape index (κ1) is 13.5. The van der Waals surface area contributed by atoms with E-state index in [4.69, 9.17) is 0 Å². The number of likely N-dealkylation sites (tertiary alicyclic amines) is 1. The molecule has 2 aliphatic heterocycles. The zero-order chi connectivity index (χ0) is 14.1. The topological polar surface area (TPSA) is 71.2 Å². The number of hydrogen-bond acceptors (Lipinski definition) is 4. The zero-order valence-electron chi connectivity index (χ0n) is 12.0. The summed E-state index contributed by atoms with van der Waals surface area (Å²) in [7, 11) is 0. The van der Waals surface area contributed by atoms with Crippen molar-refractivity contribution in [3.8, 4) is 0 Å². The number of hydrogen-bond donors (Lipinski definition) is 1. The van der Waals surface area contributed by atoms with Gasteiger partial charge >= 0.3 is 5.97 Å². The Morgan fingerprint density at radius 3 is 2.75 bits per heavy atom. The van der Waals surface area contributed by atoms with Crippen LogP contribution in [0.2, 0.25) is 0 Å². The van der Waals surface area contributed by atoms with Crippen molar-refractivity contribution in [3.63, 3.8) is 0 Å². The van der Waals surface area contributed by atoms with E-state index >= 15 is 0 Å². The average molecular weight is 278 g/mol. The Kier molecular flexibility index (Phi) is 3.74. The molecule has 2 atom stereocenters. The third-order valence-electron chi connectivity index (χ3n) is 4.61. The van der Waals surface area contributed by atoms with Crippen molar-refractivity contribution in [1.82, 2.24) is 19.7 Å². The van der Waals surface area contributed by atoms with Crippen molar-refractivity contribution in [2.24, 2.45) is 0 Å². The van der Waals surface area contributed by atoms with Crippen LogP contribution in [-0.4, -0.2) is 50.4 Å². The molecule has 3 heterocycles. The molecule has 6 nitrogen and oxygen atoms in total. The molecule has 1 fully saturated rings. The number of carbonyl (C=O) groups is 1. The van der Waals surface area contributed by atoms with Gasteiger partial charge in [-0.15, -0.1) is 10.2 Å². The van der Waals surface area contributed by atoms with Gasteiger partial charge in [0, 0.05) is 19.0 Å². The van der Waals surface area contributed by atoms with E-state index in [1.807, 2.05) is 0 Å². The summed E-state index contributed by atoms with van der Waals surface area (Å²) in [5.41, 5.74) is 0. The first-order chi connectivity index (χ1) is 9.70. The molecule has 0 radical (unpaired) electrons. The van der Waals surface area contributed by atoms with Crippen LogP contribution in [0.15, 0.2) is 0 Å². The highest BCUT2D eigenvalue weighted by Gasteiger charge is 2.33. The second kappa shape index (κ2) is 5.52. The summed E-state index contributed by atoms with van der Waals surface area (Å²) in [4.78, 5) is 13.7. The molecule has 2 aliphatic rings. The van der Waals surface area contributed by atoms with E-state index in [1.165, 1.54) is 6.42 Å². The molecule has 1 saturated heterocycles. The highest BCUT2D eigenvalue weighted by Crippen LogP contribution is 2.32. The predicted octanol–water partition coefficient (Wildman–Crippen LogP) is 1.44. The molecule has 2 unspecified atom stereocenters. The predicted molar refractivity (Wildman–Crippen MR) is 73.7 cm³/mol. The molecule has 1 N–H and O–H groups in total. The fourth-order valence-electron chi connectivity index (χ4n) is 3.49. The van der Waals surface area contributed by atoms with Gasteiger partial charge in [-0.2, -0.15) is 0 Å². The summed E-state index contributed by atoms with van der Waals surface area (Å²) in [5, 5.41) is 17.8. The zero-order valence-corrected chi connectivity index (χ0v) is 12.0. The maximum absolute atomic E-state index is 11.3. The van der Waals surface area contributed by atoms with Gasteiger partial charge in [0.05, 0.1) is 0 Å². The van der Waals surface area contributed by atoms with Crippen molar-refractivity contribution >= 4 is 5.97 Å². The first-order valence-corrected chi connectivity index (χ1v) is 7.58. The average Bonchev–Trinajstić information content (AvgIpc) is 2.91. The number of nitrogens with zero attached hydrogens (tertiary/aromatic N) is 4. The quantitative estimate of drug-likeness (QED) is 0.906. The highest BCUT2D eigenvalue weighted by molar-refractivity contribution is 5.75. The van der Waals surface area contributed by atoms with Crippen molar-refractivity contribution < 1.29 is 9.90 Å². The maximum atomic E-state index is 11.3. The Morgan fingerprint density at radius 1 is 1.25 bits per heavy atom. The molecule has 0 saturated carbocycles. The Labute approximate surface area is 118 Å². The van der Waals surface area contributed by atoms with Crippen LogP contribution in [0.4, 0.5) is 0 Å². The number of aliphatic carboxylic acids is 1. The summed E-state index contributed by atoms with van der Waals surface area (Å²) >= 11 is 0. The Morgan fingerprint density at radius 2 is 2.00 bits per heavy atom. The summed E-state index contributed by atoms with van der Waals surface area (Å²) in [5.74, 6) is 0.813. The highest BCUT2D eigenvalue weighted by atomic mass is 16.4. The van der Waals surface area contributed by atoms with Gasteiger partial charge in [-0.25, -0.2) is 0 Å². The lowest BCUT2D eigenvalue weighted by atomic mass is 9.95. The number of piperidine rings is 1. The Balaban J connectivity index is 1.86. The van der Waals surface area contributed by atoms with Gasteiger partial charge in [-0.1, -0.05) is 6.92 Å². The second-order valence-corrected chi connectivity index (χ2v) is 5.83. The van der Waals surface area contributed by atoms with Crippen molar-refractivity contribution in [3.05, 3.63) is 11.6 Å². The molecule has 0 aromatic carbocycles. The molecule has 3 rings (SSSR count). The fourth-order valence-corrected chi connectivity index (χ4v) is 3.49. The molecular formula is C14H22N4O2. The number of carboxylic acids is 1. The van der Waals surface area contributed by atoms with E-state index < -0.39 is 11.9 Å². The van der Waals surface area contributed by atoms with E-state index in [0.29, 0.717) is 18.2 Å². The van der Waals surface area contributed by atoms with Crippen LogP contribution in [-0.2, 0) is 11.3 Å². The number of rotatable bonds is 3. The smallest absolute Gasteiger partial charge is 0.314 e. The largest absolute Gasteiger partial charge is 0.481 e. The minimum absolute atomic E-state index is 0.400. The van der Waals surface area contributed by atoms with Crippen LogP contribution < -0.4 is 0 Å². The van der Waals surface area contributed by atoms with Crippen molar-refractivity contribution in [2.45, 2.75) is 51.0 Å². The van der Waals surface area contributed by atoms with Crippen LogP contribution in [0.25, 0.3) is 0 Å². The molecule has 110 valence electrons. The molecule has 1 aromatic heterocycles. The molecular weight excluding hydrogens is 256 g/mol. The summed E-state index contributed by atoms with van der Waals surface area (Å²) < 4.78 is 2.08. The minimum atomic E-state index is -0.774. The van der Waals surface area contributed by atoms with E-state index in [0.717, 1.165) is 44.8 Å². The van der Waals surface area contributed by atoms with Crippen molar-refractivity contribution in [2.75, 3.05) is 19.6 Å². The van der Waals surface area contributed by atoms with Gasteiger partial charge in [0.15, 0.2) is 0 Å². The fraction of sp³-hybridized carbons (Fsp3) is 0.786. The Bertz CT molecular complexity index is 499. The lowest BCUT2D eigenvalue weighted by Crippen LogP contribution is -2.35. The Hall–Kier alpha value is -1.43. The molecule has 0 bridgehead atoms. The van der Waals surface area contributed by atoms with Gasteiger partial charge in [0.1, 0.15) is 17.6 Å². The number of carboxylic acid groups (broad SMARTS) is 1. The van der Waals surface area contributed by atoms with Gasteiger partial charge in [-0.05, 0) is 38.8 Å². The molecule has 0 amide bonds. The maximum Gasteiger partial charge on any atom is 0.314 e. The summed E-state index contributed by atoms with van der Waals surface area (Å²) in [6.07, 6.45) is 3.90. The lowest BCUT2D eigenvalue weighted by Gasteiger charge is -2.32. The van der Waals surface area contributed by atoms with Gasteiger partial charge in [0.2, 0.25) is 0 Å². The van der Waals surface area contributed by atoms with E-state index in [2.05, 4.69) is 26.6 Å². The van der Waals surface area contributed by atoms with E-state index in [9.17, 15) is 9.90 Å². The summed E-state index contributed by atoms with van der Waals surface area (Å²) in [6, 6.07) is 0. The monoisotopic (exact) mass is 278 g/mol. The van der Waals surface area contributed by atoms with Crippen LogP contribution in [0, 0.1) is 0 Å². The third-order valence-corrected chi connectivity index (χ3v) is 4.61. The van der Waals surface area contributed by atoms with Gasteiger partial charge < -0.3 is 14.6 Å². The van der Waals surface area contributed by atoms with E-state index in [1.54, 1.807) is 0 Å². The number of fused-ring (bicyclic) bond motifs is 1. The van der Waals surface area contributed by atoms with Crippen LogP contribution in [0.1, 0.15) is 56.1 Å². The van der Waals surface area contributed by atoms with Gasteiger partial charge in [0.25, 0.3) is 0 Å². The molecule has 0 aliphatic carbocycles. The van der Waals surface area contributed by atoms with Gasteiger partial charge in [-0.3, -0.25) is 4.79 Å². The molecule has 20 heavy (non-hydrogen) atoms. The molecule has 6 heteroatoms. The normalized spacial score (nSPS) is 27.2. The van der Waals surface area contributed by atoms with Crippen molar-refractivity contribution in [1.29, 1.82) is 0 Å². The molecule has 0 spiro atoms. The number of likely N-dealkylation sites (N-methyl/N-ethyl adjacent to an activating group) is 1. The van der Waals surface area contributed by atoms with Crippen LogP contribution in [0.3, 0.4) is 0 Å². The van der Waals surface area contributed by atoms with Crippen LogP contribution >= 0.6 is 0 Å². The lowest BCUT2D eigenvalue weighted by molar-refractivity contribution is -0.139. The van der Waals surface area contributed by atoms with Crippen LogP contribution in [0.5, 0.6) is 0 Å². The first-order valence-electron chi connectivity index (χ1n) is 7.58. The van der Waals surface area contributed by atoms with E-state index in [-0.39, 0.29) is 0 Å². The second-order valence-electron chi connectivity index (χ2n) is 5.83. The minimum Gasteiger partial charge on any atom is -0.481 e. The SMILES string of the molecule is CCN1CCCC(c2nnc3n2CCCC3C(=O)O)C1. The summed E-state index contributed by atoms with van der Waals surface area (Å²) in [6.45, 7) is 6.29. The molecule has 1 aromatic rings. The number of aromatic nitrogens is 3. The third kappa shape index (κ3) is 2.32. The standard InChI is InChI=1S/C14H22N4O2/c1-2-17-7-3-5-10(9-17)12-15-16-13-11(14(19)20)6-4-8-18(12)13/h10-11H,2-9H2,1H3,(H,19,20).